The molecule has 8 heteroatoms. The van der Waals surface area contributed by atoms with Crippen molar-refractivity contribution in [2.24, 2.45) is 0 Å². The molecule has 1 aliphatic heterocycles. The highest BCUT2D eigenvalue weighted by molar-refractivity contribution is 14.1. The van der Waals surface area contributed by atoms with Crippen molar-refractivity contribution in [2.75, 3.05) is 13.2 Å². The van der Waals surface area contributed by atoms with Crippen LogP contribution in [0.15, 0.2) is 42.5 Å². The van der Waals surface area contributed by atoms with Crippen LogP contribution in [0.25, 0.3) is 0 Å². The minimum Gasteiger partial charge on any atom is -0.487 e. The SMILES string of the molecule is CCOC(=O)Cc1ccccc1OCC(=N)c1cc(B2OC(C)(C)C(C)(C)O2)ccc1I. The van der Waals surface area contributed by atoms with E-state index in [0.717, 1.165) is 20.2 Å². The fourth-order valence-electron chi connectivity index (χ4n) is 3.29. The van der Waals surface area contributed by atoms with E-state index in [4.69, 9.17) is 24.2 Å². The lowest BCUT2D eigenvalue weighted by atomic mass is 9.78. The Labute approximate surface area is 203 Å². The zero-order valence-corrected chi connectivity index (χ0v) is 21.3. The number of nitrogens with one attached hydrogen (secondary N) is 1. The highest BCUT2D eigenvalue weighted by Crippen LogP contribution is 2.36. The minimum atomic E-state index is -0.491. The van der Waals surface area contributed by atoms with Gasteiger partial charge in [-0.1, -0.05) is 30.3 Å². The summed E-state index contributed by atoms with van der Waals surface area (Å²) < 4.78 is 24.2. The molecular formula is C24H29BINO5. The number of para-hydroxylation sites is 1. The summed E-state index contributed by atoms with van der Waals surface area (Å²) in [6, 6.07) is 13.2. The lowest BCUT2D eigenvalue weighted by Crippen LogP contribution is -2.41. The molecule has 1 fully saturated rings. The molecule has 0 amide bonds. The van der Waals surface area contributed by atoms with E-state index in [1.807, 2.05) is 64.1 Å². The van der Waals surface area contributed by atoms with Gasteiger partial charge >= 0.3 is 13.1 Å². The summed E-state index contributed by atoms with van der Waals surface area (Å²) in [4.78, 5) is 11.9. The Hall–Kier alpha value is -1.91. The van der Waals surface area contributed by atoms with Gasteiger partial charge in [-0.15, -0.1) is 0 Å². The summed E-state index contributed by atoms with van der Waals surface area (Å²) in [5.41, 5.74) is 1.84. The number of benzene rings is 2. The molecule has 0 aliphatic carbocycles. The first-order valence-electron chi connectivity index (χ1n) is 10.6. The maximum Gasteiger partial charge on any atom is 0.494 e. The fraction of sp³-hybridized carbons (Fsp3) is 0.417. The van der Waals surface area contributed by atoms with Gasteiger partial charge in [0.2, 0.25) is 0 Å². The molecular weight excluding hydrogens is 520 g/mol. The van der Waals surface area contributed by atoms with E-state index in [0.29, 0.717) is 18.1 Å². The molecule has 0 radical (unpaired) electrons. The fourth-order valence-corrected chi connectivity index (χ4v) is 3.95. The molecule has 170 valence electrons. The minimum absolute atomic E-state index is 0.0721. The molecule has 6 nitrogen and oxygen atoms in total. The number of carbonyl (C=O) groups excluding carboxylic acids is 1. The van der Waals surface area contributed by atoms with Gasteiger partial charge in [-0.05, 0) is 74.8 Å². The Morgan fingerprint density at radius 2 is 1.75 bits per heavy atom. The van der Waals surface area contributed by atoms with E-state index in [1.165, 1.54) is 0 Å². The van der Waals surface area contributed by atoms with Crippen LogP contribution in [0.3, 0.4) is 0 Å². The van der Waals surface area contributed by atoms with Crippen LogP contribution in [0.2, 0.25) is 0 Å². The first-order chi connectivity index (χ1) is 15.0. The molecule has 0 atom stereocenters. The Bertz CT molecular complexity index is 992. The van der Waals surface area contributed by atoms with E-state index in [-0.39, 0.29) is 19.0 Å². The van der Waals surface area contributed by atoms with Crippen molar-refractivity contribution in [1.82, 2.24) is 0 Å². The maximum absolute atomic E-state index is 11.9. The predicted octanol–water partition coefficient (Wildman–Crippen LogP) is 4.14. The normalized spacial score (nSPS) is 16.6. The second-order valence-electron chi connectivity index (χ2n) is 8.68. The van der Waals surface area contributed by atoms with Gasteiger partial charge < -0.3 is 24.2 Å². The standard InChI is InChI=1S/C24H29BINO5/c1-6-29-22(28)13-16-9-7-8-10-21(16)30-15-20(27)18-14-17(11-12-19(18)26)25-31-23(2,3)24(4,5)32-25/h7-12,14,27H,6,13,15H2,1-5H3. The van der Waals surface area contributed by atoms with Crippen LogP contribution < -0.4 is 10.2 Å². The quantitative estimate of drug-likeness (QED) is 0.232. The molecule has 1 saturated heterocycles. The van der Waals surface area contributed by atoms with Crippen LogP contribution in [0.4, 0.5) is 0 Å². The zero-order valence-electron chi connectivity index (χ0n) is 19.2. The van der Waals surface area contributed by atoms with E-state index in [2.05, 4.69) is 22.6 Å². The zero-order chi connectivity index (χ0) is 23.5. The van der Waals surface area contributed by atoms with Crippen LogP contribution in [-0.2, 0) is 25.3 Å². The highest BCUT2D eigenvalue weighted by atomic mass is 127. The summed E-state index contributed by atoms with van der Waals surface area (Å²) in [6.45, 7) is 10.3. The van der Waals surface area contributed by atoms with E-state index < -0.39 is 18.3 Å². The van der Waals surface area contributed by atoms with E-state index >= 15 is 0 Å². The molecule has 1 N–H and O–H groups in total. The number of ether oxygens (including phenoxy) is 2. The van der Waals surface area contributed by atoms with Gasteiger partial charge in [0.1, 0.15) is 12.4 Å². The molecule has 3 rings (SSSR count). The van der Waals surface area contributed by atoms with Gasteiger partial charge in [-0.2, -0.15) is 0 Å². The van der Waals surface area contributed by atoms with Crippen molar-refractivity contribution in [3.8, 4) is 5.75 Å². The summed E-state index contributed by atoms with van der Waals surface area (Å²) in [5.74, 6) is 0.269. The van der Waals surface area contributed by atoms with Crippen molar-refractivity contribution in [3.05, 3.63) is 57.2 Å². The number of halogens is 1. The van der Waals surface area contributed by atoms with Gasteiger partial charge in [0.15, 0.2) is 0 Å². The number of hydrogen-bond acceptors (Lipinski definition) is 6. The average molecular weight is 549 g/mol. The Balaban J connectivity index is 1.73. The first-order valence-corrected chi connectivity index (χ1v) is 11.7. The Morgan fingerprint density at radius 3 is 2.41 bits per heavy atom. The van der Waals surface area contributed by atoms with E-state index in [9.17, 15) is 4.79 Å². The Morgan fingerprint density at radius 1 is 1.09 bits per heavy atom. The molecule has 32 heavy (non-hydrogen) atoms. The molecule has 2 aromatic carbocycles. The van der Waals surface area contributed by atoms with Crippen molar-refractivity contribution in [1.29, 1.82) is 5.41 Å². The molecule has 0 spiro atoms. The molecule has 0 bridgehead atoms. The summed E-state index contributed by atoms with van der Waals surface area (Å²) >= 11 is 2.22. The maximum atomic E-state index is 11.9. The number of esters is 1. The van der Waals surface area contributed by atoms with Gasteiger partial charge in [-0.3, -0.25) is 4.79 Å². The Kier molecular flexibility index (Phi) is 7.67. The van der Waals surface area contributed by atoms with Crippen LogP contribution in [0.1, 0.15) is 45.7 Å². The van der Waals surface area contributed by atoms with Crippen LogP contribution in [0.5, 0.6) is 5.75 Å². The molecule has 1 aliphatic rings. The second kappa shape index (κ2) is 9.93. The molecule has 1 heterocycles. The van der Waals surface area contributed by atoms with Crippen molar-refractivity contribution in [3.63, 3.8) is 0 Å². The lowest BCUT2D eigenvalue weighted by Gasteiger charge is -2.32. The predicted molar refractivity (Wildman–Crippen MR) is 134 cm³/mol. The van der Waals surface area contributed by atoms with Gasteiger partial charge in [0.25, 0.3) is 0 Å². The third-order valence-corrected chi connectivity index (χ3v) is 6.77. The average Bonchev–Trinajstić information content (AvgIpc) is 2.94. The van der Waals surface area contributed by atoms with Crippen molar-refractivity contribution >= 4 is 46.9 Å². The van der Waals surface area contributed by atoms with Crippen LogP contribution in [-0.4, -0.2) is 43.2 Å². The van der Waals surface area contributed by atoms with Gasteiger partial charge in [-0.25, -0.2) is 0 Å². The monoisotopic (exact) mass is 549 g/mol. The third-order valence-electron chi connectivity index (χ3n) is 5.83. The largest absolute Gasteiger partial charge is 0.494 e. The first kappa shape index (κ1) is 24.7. The number of carbonyl (C=O) groups is 1. The molecule has 0 aromatic heterocycles. The smallest absolute Gasteiger partial charge is 0.487 e. The van der Waals surface area contributed by atoms with Crippen molar-refractivity contribution < 1.29 is 23.6 Å². The van der Waals surface area contributed by atoms with Crippen LogP contribution >= 0.6 is 22.6 Å². The summed E-state index contributed by atoms with van der Waals surface area (Å²) in [7, 11) is -0.491. The molecule has 0 unspecified atom stereocenters. The lowest BCUT2D eigenvalue weighted by molar-refractivity contribution is -0.142. The van der Waals surface area contributed by atoms with Crippen LogP contribution in [0, 0.1) is 8.98 Å². The number of rotatable bonds is 8. The van der Waals surface area contributed by atoms with Gasteiger partial charge in [0, 0.05) is 14.7 Å². The molecule has 0 saturated carbocycles. The van der Waals surface area contributed by atoms with Gasteiger partial charge in [0.05, 0.1) is 29.9 Å². The highest BCUT2D eigenvalue weighted by Gasteiger charge is 2.51. The topological polar surface area (TPSA) is 77.8 Å². The third kappa shape index (κ3) is 5.53. The molecule has 2 aromatic rings. The second-order valence-corrected chi connectivity index (χ2v) is 9.85. The summed E-state index contributed by atoms with van der Waals surface area (Å²) in [6.07, 6.45) is 0.131. The van der Waals surface area contributed by atoms with E-state index in [1.54, 1.807) is 13.0 Å². The van der Waals surface area contributed by atoms with Crippen molar-refractivity contribution in [2.45, 2.75) is 52.2 Å². The number of hydrogen-bond donors (Lipinski definition) is 1. The summed E-state index contributed by atoms with van der Waals surface area (Å²) in [5, 5.41) is 8.62.